The van der Waals surface area contributed by atoms with Crippen LogP contribution >= 0.6 is 11.6 Å². The molecule has 0 amide bonds. The monoisotopic (exact) mass is 411 g/mol. The van der Waals surface area contributed by atoms with Gasteiger partial charge in [-0.05, 0) is 67.5 Å². The van der Waals surface area contributed by atoms with Crippen molar-refractivity contribution in [3.05, 3.63) is 58.1 Å². The van der Waals surface area contributed by atoms with Gasteiger partial charge in [0.2, 0.25) is 0 Å². The molecule has 1 aliphatic carbocycles. The molecule has 6 heteroatoms. The van der Waals surface area contributed by atoms with Crippen LogP contribution in [0.4, 0.5) is 0 Å². The van der Waals surface area contributed by atoms with Gasteiger partial charge in [-0.1, -0.05) is 29.5 Å². The molecule has 1 heterocycles. The Hall–Kier alpha value is -2.40. The first-order chi connectivity index (χ1) is 13.8. The number of carbonyl (C=O) groups excluding carboxylic acids is 1. The standard InChI is InChI=1S/C23H26ClN3O2/c1-13-16(9-11-19-21(13)25-26-27(19)4)20(23(2,3)22(28)29-5)15-7-6-14-8-10-18(24)17(14)12-15/h6-7,9,11-12,18,20H,8,10H2,1-5H3. The van der Waals surface area contributed by atoms with Crippen LogP contribution in [-0.2, 0) is 23.0 Å². The summed E-state index contributed by atoms with van der Waals surface area (Å²) in [5.41, 5.74) is 6.67. The van der Waals surface area contributed by atoms with Crippen LogP contribution in [0.5, 0.6) is 0 Å². The molecule has 0 aliphatic heterocycles. The van der Waals surface area contributed by atoms with Gasteiger partial charge in [-0.3, -0.25) is 4.79 Å². The molecule has 0 saturated heterocycles. The molecule has 1 aromatic heterocycles. The van der Waals surface area contributed by atoms with Gasteiger partial charge in [0.25, 0.3) is 0 Å². The third-order valence-corrected chi connectivity index (χ3v) is 6.78. The highest BCUT2D eigenvalue weighted by atomic mass is 35.5. The fraction of sp³-hybridized carbons (Fsp3) is 0.435. The lowest BCUT2D eigenvalue weighted by Crippen LogP contribution is -2.34. The molecule has 29 heavy (non-hydrogen) atoms. The largest absolute Gasteiger partial charge is 0.469 e. The second-order valence-electron chi connectivity index (χ2n) is 8.47. The maximum absolute atomic E-state index is 12.8. The number of ether oxygens (including phenoxy) is 1. The van der Waals surface area contributed by atoms with Gasteiger partial charge in [0.05, 0.1) is 23.4 Å². The van der Waals surface area contributed by atoms with Crippen molar-refractivity contribution >= 4 is 28.6 Å². The zero-order valence-electron chi connectivity index (χ0n) is 17.5. The summed E-state index contributed by atoms with van der Waals surface area (Å²) in [6, 6.07) is 10.6. The molecule has 0 N–H and O–H groups in total. The molecule has 4 rings (SSSR count). The predicted molar refractivity (Wildman–Crippen MR) is 114 cm³/mol. The molecule has 2 atom stereocenters. The topological polar surface area (TPSA) is 57.0 Å². The first-order valence-corrected chi connectivity index (χ1v) is 10.3. The summed E-state index contributed by atoms with van der Waals surface area (Å²) in [6.07, 6.45) is 1.95. The highest BCUT2D eigenvalue weighted by Gasteiger charge is 2.41. The van der Waals surface area contributed by atoms with E-state index in [1.807, 2.05) is 33.9 Å². The lowest BCUT2D eigenvalue weighted by Gasteiger charge is -2.34. The van der Waals surface area contributed by atoms with Crippen LogP contribution in [-0.4, -0.2) is 28.1 Å². The van der Waals surface area contributed by atoms with Gasteiger partial charge in [0, 0.05) is 13.0 Å². The smallest absolute Gasteiger partial charge is 0.312 e. The third-order valence-electron chi connectivity index (χ3n) is 6.33. The zero-order chi connectivity index (χ0) is 20.9. The number of aryl methyl sites for hydroxylation is 3. The van der Waals surface area contributed by atoms with Gasteiger partial charge in [0.1, 0.15) is 5.52 Å². The summed E-state index contributed by atoms with van der Waals surface area (Å²) in [5.74, 6) is -0.444. The molecule has 2 unspecified atom stereocenters. The Kier molecular flexibility index (Phi) is 4.89. The summed E-state index contributed by atoms with van der Waals surface area (Å²) in [6.45, 7) is 5.93. The SMILES string of the molecule is COC(=O)C(C)(C)C(c1ccc2c(c1)C(Cl)CC2)c1ccc2c(nnn2C)c1C. The van der Waals surface area contributed by atoms with Gasteiger partial charge >= 0.3 is 5.97 Å². The molecule has 0 bridgehead atoms. The fourth-order valence-corrected chi connectivity index (χ4v) is 4.99. The normalized spacial score (nSPS) is 17.4. The van der Waals surface area contributed by atoms with Crippen molar-refractivity contribution in [1.29, 1.82) is 0 Å². The van der Waals surface area contributed by atoms with E-state index in [9.17, 15) is 4.79 Å². The van der Waals surface area contributed by atoms with Gasteiger partial charge < -0.3 is 4.74 Å². The maximum atomic E-state index is 12.8. The maximum Gasteiger partial charge on any atom is 0.312 e. The Morgan fingerprint density at radius 3 is 2.79 bits per heavy atom. The van der Waals surface area contributed by atoms with Crippen LogP contribution < -0.4 is 0 Å². The van der Waals surface area contributed by atoms with Crippen molar-refractivity contribution in [3.63, 3.8) is 0 Å². The Labute approximate surface area is 176 Å². The molecule has 152 valence electrons. The minimum atomic E-state index is -0.774. The van der Waals surface area contributed by atoms with Gasteiger partial charge in [-0.15, -0.1) is 16.7 Å². The minimum Gasteiger partial charge on any atom is -0.469 e. The number of benzene rings is 2. The van der Waals surface area contributed by atoms with Crippen molar-refractivity contribution in [2.45, 2.75) is 44.9 Å². The van der Waals surface area contributed by atoms with Gasteiger partial charge in [-0.2, -0.15) is 0 Å². The third kappa shape index (κ3) is 3.12. The quantitative estimate of drug-likeness (QED) is 0.455. The second kappa shape index (κ2) is 7.13. The van der Waals surface area contributed by atoms with Crippen LogP contribution in [0.15, 0.2) is 30.3 Å². The van der Waals surface area contributed by atoms with Crippen molar-refractivity contribution < 1.29 is 9.53 Å². The average molecular weight is 412 g/mol. The lowest BCUT2D eigenvalue weighted by molar-refractivity contribution is -0.151. The van der Waals surface area contributed by atoms with E-state index in [1.165, 1.54) is 18.2 Å². The number of hydrogen-bond donors (Lipinski definition) is 0. The first kappa shape index (κ1) is 19.9. The fourth-order valence-electron chi connectivity index (χ4n) is 4.68. The number of nitrogens with zero attached hydrogens (tertiary/aromatic N) is 3. The molecule has 3 aromatic rings. The van der Waals surface area contributed by atoms with E-state index in [0.29, 0.717) is 0 Å². The molecule has 0 radical (unpaired) electrons. The molecule has 2 aromatic carbocycles. The Bertz CT molecular complexity index is 1100. The van der Waals surface area contributed by atoms with Crippen LogP contribution in [0.1, 0.15) is 59.4 Å². The highest BCUT2D eigenvalue weighted by molar-refractivity contribution is 6.21. The van der Waals surface area contributed by atoms with E-state index in [1.54, 1.807) is 4.68 Å². The summed E-state index contributed by atoms with van der Waals surface area (Å²) >= 11 is 6.57. The predicted octanol–water partition coefficient (Wildman–Crippen LogP) is 4.83. The van der Waals surface area contributed by atoms with Crippen LogP contribution in [0.25, 0.3) is 11.0 Å². The van der Waals surface area contributed by atoms with Crippen LogP contribution in [0.2, 0.25) is 0 Å². The molecule has 0 fully saturated rings. The van der Waals surface area contributed by atoms with E-state index in [2.05, 4.69) is 34.6 Å². The number of carbonyl (C=O) groups is 1. The Morgan fingerprint density at radius 2 is 2.07 bits per heavy atom. The number of methoxy groups -OCH3 is 1. The number of aromatic nitrogens is 3. The van der Waals surface area contributed by atoms with E-state index >= 15 is 0 Å². The van der Waals surface area contributed by atoms with Gasteiger partial charge in [-0.25, -0.2) is 4.68 Å². The second-order valence-corrected chi connectivity index (χ2v) is 9.00. The molecule has 5 nitrogen and oxygen atoms in total. The number of hydrogen-bond acceptors (Lipinski definition) is 4. The highest BCUT2D eigenvalue weighted by Crippen LogP contribution is 2.46. The molecule has 0 saturated carbocycles. The lowest BCUT2D eigenvalue weighted by atomic mass is 9.69. The van der Waals surface area contributed by atoms with Gasteiger partial charge in [0.15, 0.2) is 0 Å². The number of rotatable bonds is 4. The van der Waals surface area contributed by atoms with Crippen LogP contribution in [0.3, 0.4) is 0 Å². The van der Waals surface area contributed by atoms with E-state index < -0.39 is 5.41 Å². The van der Waals surface area contributed by atoms with E-state index in [-0.39, 0.29) is 17.3 Å². The molecular formula is C23H26ClN3O2. The van der Waals surface area contributed by atoms with Crippen molar-refractivity contribution in [2.75, 3.05) is 7.11 Å². The number of halogens is 1. The van der Waals surface area contributed by atoms with E-state index in [0.717, 1.165) is 40.6 Å². The average Bonchev–Trinajstić information content (AvgIpc) is 3.26. The minimum absolute atomic E-state index is 0.0235. The summed E-state index contributed by atoms with van der Waals surface area (Å²) in [7, 11) is 3.32. The van der Waals surface area contributed by atoms with Crippen molar-refractivity contribution in [1.82, 2.24) is 15.0 Å². The molecular weight excluding hydrogens is 386 g/mol. The van der Waals surface area contributed by atoms with E-state index in [4.69, 9.17) is 16.3 Å². The summed E-state index contributed by atoms with van der Waals surface area (Å²) in [4.78, 5) is 12.8. The van der Waals surface area contributed by atoms with Crippen molar-refractivity contribution in [2.24, 2.45) is 12.5 Å². The van der Waals surface area contributed by atoms with Crippen molar-refractivity contribution in [3.8, 4) is 0 Å². The Balaban J connectivity index is 1.94. The summed E-state index contributed by atoms with van der Waals surface area (Å²) in [5, 5.41) is 8.53. The summed E-state index contributed by atoms with van der Waals surface area (Å²) < 4.78 is 6.95. The number of alkyl halides is 1. The Morgan fingerprint density at radius 1 is 1.31 bits per heavy atom. The number of esters is 1. The van der Waals surface area contributed by atoms with Crippen LogP contribution in [0, 0.1) is 12.3 Å². The number of fused-ring (bicyclic) bond motifs is 2. The molecule has 1 aliphatic rings. The zero-order valence-corrected chi connectivity index (χ0v) is 18.2. The molecule has 0 spiro atoms. The first-order valence-electron chi connectivity index (χ1n) is 9.89.